The van der Waals surface area contributed by atoms with Crippen molar-refractivity contribution in [2.75, 3.05) is 70.5 Å². The number of carbonyl (C=O) groups is 2. The molecule has 1 N–H and O–H groups in total. The number of ether oxygens (including phenoxy) is 1. The maximum absolute atomic E-state index is 15.1. The summed E-state index contributed by atoms with van der Waals surface area (Å²) < 4.78 is 34.2. The fourth-order valence-corrected chi connectivity index (χ4v) is 7.70. The van der Waals surface area contributed by atoms with Crippen molar-refractivity contribution >= 4 is 24.3 Å². The second-order valence-corrected chi connectivity index (χ2v) is 14.0. The molecule has 0 saturated carbocycles. The summed E-state index contributed by atoms with van der Waals surface area (Å²) in [4.78, 5) is 39.2. The SMILES string of the molecule is C=N/C=C\N(CNC(=O)C1CN(CCCN2CCCCC2)C[C@H]1c1ccc(F)cc1F)Cc1ccc(C)cc1N1CCC(C(=O)OCC)CC1. The molecule has 0 spiro atoms. The smallest absolute Gasteiger partial charge is 0.309 e. The highest BCUT2D eigenvalue weighted by atomic mass is 19.1. The molecule has 3 saturated heterocycles. The molecule has 272 valence electrons. The number of hydrogen-bond acceptors (Lipinski definition) is 8. The fourth-order valence-electron chi connectivity index (χ4n) is 7.70. The Kier molecular flexibility index (Phi) is 13.8. The Morgan fingerprint density at radius 3 is 2.50 bits per heavy atom. The van der Waals surface area contributed by atoms with Gasteiger partial charge in [-0.05, 0) is 108 Å². The van der Waals surface area contributed by atoms with Gasteiger partial charge in [-0.1, -0.05) is 24.6 Å². The molecule has 1 amide bonds. The van der Waals surface area contributed by atoms with Gasteiger partial charge in [-0.25, -0.2) is 8.78 Å². The van der Waals surface area contributed by atoms with Crippen LogP contribution in [0.1, 0.15) is 68.1 Å². The van der Waals surface area contributed by atoms with E-state index in [9.17, 15) is 14.0 Å². The normalized spacial score (nSPS) is 20.7. The van der Waals surface area contributed by atoms with Gasteiger partial charge in [0.25, 0.3) is 0 Å². The van der Waals surface area contributed by atoms with Crippen LogP contribution in [0.3, 0.4) is 0 Å². The molecule has 3 aliphatic heterocycles. The third-order valence-electron chi connectivity index (χ3n) is 10.4. The van der Waals surface area contributed by atoms with Gasteiger partial charge in [0.1, 0.15) is 11.6 Å². The number of rotatable bonds is 15. The van der Waals surface area contributed by atoms with E-state index in [0.29, 0.717) is 31.8 Å². The summed E-state index contributed by atoms with van der Waals surface area (Å²) in [6.07, 6.45) is 9.65. The van der Waals surface area contributed by atoms with Crippen LogP contribution in [0.15, 0.2) is 53.8 Å². The molecule has 3 fully saturated rings. The highest BCUT2D eigenvalue weighted by molar-refractivity contribution is 5.80. The van der Waals surface area contributed by atoms with Crippen LogP contribution in [-0.4, -0.2) is 98.9 Å². The first-order valence-corrected chi connectivity index (χ1v) is 18.3. The molecule has 0 aliphatic carbocycles. The van der Waals surface area contributed by atoms with Crippen molar-refractivity contribution in [2.45, 2.75) is 64.8 Å². The number of piperidine rings is 2. The predicted octanol–water partition coefficient (Wildman–Crippen LogP) is 5.69. The minimum absolute atomic E-state index is 0.0823. The Hall–Kier alpha value is -3.83. The summed E-state index contributed by atoms with van der Waals surface area (Å²) in [7, 11) is 0. The van der Waals surface area contributed by atoms with Gasteiger partial charge in [-0.15, -0.1) is 0 Å². The average molecular weight is 693 g/mol. The van der Waals surface area contributed by atoms with E-state index < -0.39 is 17.6 Å². The van der Waals surface area contributed by atoms with Crippen LogP contribution < -0.4 is 10.2 Å². The van der Waals surface area contributed by atoms with E-state index >= 15 is 4.39 Å². The van der Waals surface area contributed by atoms with Crippen molar-refractivity contribution in [3.63, 3.8) is 0 Å². The number of aryl methyl sites for hydroxylation is 1. The van der Waals surface area contributed by atoms with E-state index in [4.69, 9.17) is 4.74 Å². The molecule has 5 rings (SSSR count). The topological polar surface area (TPSA) is 80.7 Å². The zero-order valence-electron chi connectivity index (χ0n) is 29.8. The van der Waals surface area contributed by atoms with Gasteiger partial charge in [0, 0.05) is 62.8 Å². The Bertz CT molecular complexity index is 1470. The molecule has 3 heterocycles. The number of benzene rings is 2. The predicted molar refractivity (Wildman–Crippen MR) is 194 cm³/mol. The molecular weight excluding hydrogens is 638 g/mol. The first-order chi connectivity index (χ1) is 24.2. The van der Waals surface area contributed by atoms with Gasteiger partial charge >= 0.3 is 5.97 Å². The molecule has 2 aromatic carbocycles. The fraction of sp³-hybridized carbons (Fsp3) is 0.564. The summed E-state index contributed by atoms with van der Waals surface area (Å²) in [5, 5.41) is 3.13. The highest BCUT2D eigenvalue weighted by Crippen LogP contribution is 2.35. The number of halogens is 2. The molecule has 0 radical (unpaired) electrons. The molecule has 1 unspecified atom stereocenters. The third-order valence-corrected chi connectivity index (χ3v) is 10.4. The van der Waals surface area contributed by atoms with E-state index in [1.54, 1.807) is 6.20 Å². The van der Waals surface area contributed by atoms with Gasteiger partial charge in [-0.2, -0.15) is 0 Å². The van der Waals surface area contributed by atoms with Crippen molar-refractivity contribution in [1.82, 2.24) is 20.0 Å². The number of anilines is 1. The summed E-state index contributed by atoms with van der Waals surface area (Å²) in [5.41, 5.74) is 3.71. The Balaban J connectivity index is 1.25. The second kappa shape index (κ2) is 18.4. The van der Waals surface area contributed by atoms with E-state index in [1.807, 2.05) is 18.0 Å². The Labute approximate surface area is 296 Å². The molecule has 2 atom stereocenters. The monoisotopic (exact) mass is 692 g/mol. The van der Waals surface area contributed by atoms with Crippen LogP contribution in [0, 0.1) is 30.4 Å². The van der Waals surface area contributed by atoms with Crippen molar-refractivity contribution in [3.05, 3.63) is 77.1 Å². The quantitative estimate of drug-likeness (QED) is 0.146. The molecule has 0 bridgehead atoms. The molecule has 0 aromatic heterocycles. The lowest BCUT2D eigenvalue weighted by Crippen LogP contribution is -2.41. The third kappa shape index (κ3) is 10.1. The van der Waals surface area contributed by atoms with Crippen molar-refractivity contribution in [1.29, 1.82) is 0 Å². The Morgan fingerprint density at radius 2 is 1.78 bits per heavy atom. The lowest BCUT2D eigenvalue weighted by Gasteiger charge is -2.35. The van der Waals surface area contributed by atoms with Crippen molar-refractivity contribution in [3.8, 4) is 0 Å². The van der Waals surface area contributed by atoms with Crippen molar-refractivity contribution in [2.24, 2.45) is 16.8 Å². The summed E-state index contributed by atoms with van der Waals surface area (Å²) >= 11 is 0. The number of hydrogen-bond donors (Lipinski definition) is 1. The Morgan fingerprint density at radius 1 is 1.02 bits per heavy atom. The van der Waals surface area contributed by atoms with E-state index in [1.165, 1.54) is 31.4 Å². The van der Waals surface area contributed by atoms with Gasteiger partial charge < -0.3 is 29.7 Å². The molecule has 2 aromatic rings. The second-order valence-electron chi connectivity index (χ2n) is 14.0. The number of esters is 1. The molecule has 11 heteroatoms. The van der Waals surface area contributed by atoms with Crippen LogP contribution in [0.25, 0.3) is 0 Å². The average Bonchev–Trinajstić information content (AvgIpc) is 3.54. The van der Waals surface area contributed by atoms with E-state index in [2.05, 4.69) is 56.8 Å². The van der Waals surface area contributed by atoms with E-state index in [0.717, 1.165) is 81.4 Å². The van der Waals surface area contributed by atoms with E-state index in [-0.39, 0.29) is 30.4 Å². The van der Waals surface area contributed by atoms with Crippen LogP contribution in [-0.2, 0) is 20.9 Å². The first-order valence-electron chi connectivity index (χ1n) is 18.3. The number of likely N-dealkylation sites (tertiary alicyclic amines) is 2. The standard InChI is InChI=1S/C39H54F2N6O3/c1-4-50-39(49)30-13-20-47(21-14-30)37-23-29(2)9-10-31(37)25-46(22-15-42-3)28-43-38(48)35-27-45(19-8-18-44-16-6-5-7-17-44)26-34(35)33-12-11-32(40)24-36(33)41/h9-12,15,22-24,30,34-35H,3-8,13-14,16-21,25-28H2,1-2H3,(H,43,48)/b22-15-/t34-,35?/m0/s1. The van der Waals surface area contributed by atoms with Crippen molar-refractivity contribution < 1.29 is 23.1 Å². The minimum Gasteiger partial charge on any atom is -0.466 e. The zero-order valence-corrected chi connectivity index (χ0v) is 29.8. The summed E-state index contributed by atoms with van der Waals surface area (Å²) in [6.45, 7) is 15.3. The van der Waals surface area contributed by atoms with Gasteiger partial charge in [0.2, 0.25) is 5.91 Å². The van der Waals surface area contributed by atoms with Crippen LogP contribution in [0.5, 0.6) is 0 Å². The number of carbonyl (C=O) groups excluding carboxylic acids is 2. The molecular formula is C39H54F2N6O3. The summed E-state index contributed by atoms with van der Waals surface area (Å²) in [6, 6.07) is 10.0. The van der Waals surface area contributed by atoms with Crippen LogP contribution in [0.2, 0.25) is 0 Å². The number of nitrogens with one attached hydrogen (secondary N) is 1. The first kappa shape index (κ1) is 37.4. The van der Waals surface area contributed by atoms with Crippen LogP contribution in [0.4, 0.5) is 14.5 Å². The maximum atomic E-state index is 15.1. The lowest BCUT2D eigenvalue weighted by atomic mass is 9.88. The van der Waals surface area contributed by atoms with Gasteiger partial charge in [0.05, 0.1) is 25.1 Å². The van der Waals surface area contributed by atoms with Gasteiger partial charge in [0.15, 0.2) is 0 Å². The van der Waals surface area contributed by atoms with Gasteiger partial charge in [-0.3, -0.25) is 14.6 Å². The molecule has 50 heavy (non-hydrogen) atoms. The molecule has 3 aliphatic rings. The summed E-state index contributed by atoms with van der Waals surface area (Å²) in [5.74, 6) is -2.46. The minimum atomic E-state index is -0.624. The maximum Gasteiger partial charge on any atom is 0.309 e. The largest absolute Gasteiger partial charge is 0.466 e. The number of nitrogens with zero attached hydrogens (tertiary/aromatic N) is 5. The molecule has 9 nitrogen and oxygen atoms in total. The number of aliphatic imine (C=N–C) groups is 1. The highest BCUT2D eigenvalue weighted by Gasteiger charge is 2.39. The zero-order chi connectivity index (χ0) is 35.5. The lowest BCUT2D eigenvalue weighted by molar-refractivity contribution is -0.148. The number of amides is 1. The van der Waals surface area contributed by atoms with Crippen LogP contribution >= 0.6 is 0 Å².